The molecular formula is C15H22BrNO2Si. The van der Waals surface area contributed by atoms with Crippen LogP contribution in [0.4, 0.5) is 0 Å². The molecule has 0 atom stereocenters. The van der Waals surface area contributed by atoms with Crippen LogP contribution in [0.5, 0.6) is 0 Å². The first kappa shape index (κ1) is 15.9. The number of hydrogen-bond donors (Lipinski definition) is 0. The van der Waals surface area contributed by atoms with Crippen molar-refractivity contribution in [3.8, 4) is 0 Å². The van der Waals surface area contributed by atoms with Crippen molar-refractivity contribution >= 4 is 30.0 Å². The normalized spacial score (nSPS) is 18.8. The van der Waals surface area contributed by atoms with Gasteiger partial charge in [-0.1, -0.05) is 20.8 Å². The van der Waals surface area contributed by atoms with Gasteiger partial charge in [0.1, 0.15) is 11.4 Å². The first-order valence-electron chi connectivity index (χ1n) is 6.90. The Morgan fingerprint density at radius 1 is 1.30 bits per heavy atom. The first-order chi connectivity index (χ1) is 9.06. The molecule has 0 N–H and O–H groups in total. The molecule has 1 aromatic heterocycles. The molecule has 0 radical (unpaired) electrons. The van der Waals surface area contributed by atoms with Crippen LogP contribution in [-0.2, 0) is 14.8 Å². The predicted octanol–water partition coefficient (Wildman–Crippen LogP) is 4.42. The molecule has 2 rings (SSSR count). The average Bonchev–Trinajstić information content (AvgIpc) is 2.25. The molecule has 20 heavy (non-hydrogen) atoms. The van der Waals surface area contributed by atoms with Crippen molar-refractivity contribution < 1.29 is 9.22 Å². The summed E-state index contributed by atoms with van der Waals surface area (Å²) >= 11 is 3.40. The summed E-state index contributed by atoms with van der Waals surface area (Å²) in [4.78, 5) is 16.1. The highest BCUT2D eigenvalue weighted by Gasteiger charge is 2.53. The molecule has 1 saturated carbocycles. The first-order valence-corrected chi connectivity index (χ1v) is 10.6. The number of carbonyl (C=O) groups is 1. The molecule has 0 aromatic carbocycles. The van der Waals surface area contributed by atoms with Crippen molar-refractivity contribution in [2.24, 2.45) is 0 Å². The molecule has 1 fully saturated rings. The Bertz CT molecular complexity index is 512. The van der Waals surface area contributed by atoms with Crippen LogP contribution >= 0.6 is 15.9 Å². The zero-order valence-corrected chi connectivity index (χ0v) is 15.4. The van der Waals surface area contributed by atoms with Crippen LogP contribution in [0.2, 0.25) is 18.1 Å². The molecule has 3 nitrogen and oxygen atoms in total. The maximum atomic E-state index is 11.6. The summed E-state index contributed by atoms with van der Waals surface area (Å²) in [5.41, 5.74) is 0.381. The third-order valence-electron chi connectivity index (χ3n) is 4.42. The lowest BCUT2D eigenvalue weighted by Crippen LogP contribution is -2.54. The van der Waals surface area contributed by atoms with E-state index in [2.05, 4.69) is 54.8 Å². The van der Waals surface area contributed by atoms with Gasteiger partial charge < -0.3 is 4.43 Å². The third kappa shape index (κ3) is 2.90. The van der Waals surface area contributed by atoms with Crippen molar-refractivity contribution in [3.63, 3.8) is 0 Å². The van der Waals surface area contributed by atoms with E-state index in [1.807, 2.05) is 12.1 Å². The van der Waals surface area contributed by atoms with Crippen LogP contribution < -0.4 is 0 Å². The summed E-state index contributed by atoms with van der Waals surface area (Å²) in [6, 6.07) is 3.92. The van der Waals surface area contributed by atoms with Crippen LogP contribution in [-0.4, -0.2) is 19.1 Å². The maximum absolute atomic E-state index is 11.6. The van der Waals surface area contributed by atoms with Crippen LogP contribution in [0.15, 0.2) is 22.8 Å². The van der Waals surface area contributed by atoms with E-state index in [0.717, 1.165) is 10.2 Å². The minimum Gasteiger partial charge on any atom is -0.405 e. The Hall–Kier alpha value is -0.523. The number of ketones is 1. The monoisotopic (exact) mass is 355 g/mol. The van der Waals surface area contributed by atoms with E-state index >= 15 is 0 Å². The van der Waals surface area contributed by atoms with E-state index in [0.29, 0.717) is 12.8 Å². The fourth-order valence-corrected chi connectivity index (χ4v) is 3.94. The lowest BCUT2D eigenvalue weighted by Gasteiger charge is -2.49. The molecule has 1 heterocycles. The predicted molar refractivity (Wildman–Crippen MR) is 86.1 cm³/mol. The highest BCUT2D eigenvalue weighted by molar-refractivity contribution is 9.10. The molecule has 0 unspecified atom stereocenters. The summed E-state index contributed by atoms with van der Waals surface area (Å²) < 4.78 is 7.50. The quantitative estimate of drug-likeness (QED) is 0.753. The van der Waals surface area contributed by atoms with E-state index < -0.39 is 13.9 Å². The highest BCUT2D eigenvalue weighted by atomic mass is 79.9. The number of nitrogens with zero attached hydrogens (tertiary/aromatic N) is 1. The van der Waals surface area contributed by atoms with Gasteiger partial charge in [-0.3, -0.25) is 9.78 Å². The molecular weight excluding hydrogens is 334 g/mol. The Kier molecular flexibility index (Phi) is 3.99. The molecule has 0 saturated heterocycles. The molecule has 1 aliphatic carbocycles. The summed E-state index contributed by atoms with van der Waals surface area (Å²) in [6.45, 7) is 11.1. The average molecular weight is 356 g/mol. The number of rotatable bonds is 3. The van der Waals surface area contributed by atoms with Gasteiger partial charge in [0, 0.05) is 23.5 Å². The zero-order chi connectivity index (χ0) is 15.2. The second-order valence-electron chi connectivity index (χ2n) is 7.11. The summed E-state index contributed by atoms with van der Waals surface area (Å²) in [7, 11) is -1.94. The molecule has 5 heteroatoms. The molecule has 1 aromatic rings. The van der Waals surface area contributed by atoms with Gasteiger partial charge in [-0.05, 0) is 46.2 Å². The summed E-state index contributed by atoms with van der Waals surface area (Å²) in [6.07, 6.45) is 2.68. The SMILES string of the molecule is CC(C)(C)[Si](C)(C)OC1(c2ccc(Br)cn2)CC(=O)C1. The Morgan fingerprint density at radius 3 is 2.30 bits per heavy atom. The second-order valence-corrected chi connectivity index (χ2v) is 12.8. The van der Waals surface area contributed by atoms with Gasteiger partial charge in [-0.15, -0.1) is 0 Å². The fraction of sp³-hybridized carbons (Fsp3) is 0.600. The van der Waals surface area contributed by atoms with Gasteiger partial charge in [-0.25, -0.2) is 0 Å². The largest absolute Gasteiger partial charge is 0.405 e. The third-order valence-corrected chi connectivity index (χ3v) is 9.40. The Morgan fingerprint density at radius 2 is 1.90 bits per heavy atom. The smallest absolute Gasteiger partial charge is 0.193 e. The van der Waals surface area contributed by atoms with E-state index in [1.165, 1.54) is 0 Å². The van der Waals surface area contributed by atoms with Gasteiger partial charge in [0.05, 0.1) is 5.69 Å². The summed E-state index contributed by atoms with van der Waals surface area (Å²) in [5, 5.41) is 0.119. The number of halogens is 1. The molecule has 1 aliphatic rings. The number of hydrogen-bond acceptors (Lipinski definition) is 3. The maximum Gasteiger partial charge on any atom is 0.193 e. The topological polar surface area (TPSA) is 39.2 Å². The molecule has 0 amide bonds. The molecule has 0 spiro atoms. The second kappa shape index (κ2) is 5.04. The van der Waals surface area contributed by atoms with Crippen molar-refractivity contribution in [3.05, 3.63) is 28.5 Å². The van der Waals surface area contributed by atoms with Gasteiger partial charge in [-0.2, -0.15) is 0 Å². The van der Waals surface area contributed by atoms with Gasteiger partial charge in [0.2, 0.25) is 0 Å². The van der Waals surface area contributed by atoms with E-state index in [-0.39, 0.29) is 10.8 Å². The van der Waals surface area contributed by atoms with E-state index in [4.69, 9.17) is 4.43 Å². The number of carbonyl (C=O) groups excluding carboxylic acids is 1. The summed E-state index contributed by atoms with van der Waals surface area (Å²) in [5.74, 6) is 0.258. The van der Waals surface area contributed by atoms with Crippen LogP contribution in [0, 0.1) is 0 Å². The van der Waals surface area contributed by atoms with Crippen LogP contribution in [0.1, 0.15) is 39.3 Å². The Labute approximate surface area is 130 Å². The minimum absolute atomic E-state index is 0.119. The number of Topliss-reactive ketones (excluding diaryl/α,β-unsaturated/α-hetero) is 1. The van der Waals surface area contributed by atoms with Gasteiger partial charge in [0.25, 0.3) is 0 Å². The lowest BCUT2D eigenvalue weighted by atomic mass is 9.76. The van der Waals surface area contributed by atoms with Crippen molar-refractivity contribution in [1.29, 1.82) is 0 Å². The van der Waals surface area contributed by atoms with Crippen LogP contribution in [0.3, 0.4) is 0 Å². The lowest BCUT2D eigenvalue weighted by molar-refractivity contribution is -0.141. The minimum atomic E-state index is -1.94. The Balaban J connectivity index is 2.32. The van der Waals surface area contributed by atoms with Gasteiger partial charge in [0.15, 0.2) is 8.32 Å². The van der Waals surface area contributed by atoms with E-state index in [1.54, 1.807) is 6.20 Å². The van der Waals surface area contributed by atoms with Gasteiger partial charge >= 0.3 is 0 Å². The van der Waals surface area contributed by atoms with Crippen molar-refractivity contribution in [1.82, 2.24) is 4.98 Å². The number of pyridine rings is 1. The van der Waals surface area contributed by atoms with Crippen molar-refractivity contribution in [2.75, 3.05) is 0 Å². The molecule has 110 valence electrons. The standard InChI is InChI=1S/C15H22BrNO2Si/c1-14(2,3)20(4,5)19-15(8-12(18)9-15)13-7-6-11(16)10-17-13/h6-7,10H,8-9H2,1-5H3. The fourth-order valence-electron chi connectivity index (χ4n) is 2.18. The van der Waals surface area contributed by atoms with Crippen LogP contribution in [0.25, 0.3) is 0 Å². The van der Waals surface area contributed by atoms with E-state index in [9.17, 15) is 4.79 Å². The molecule has 0 aliphatic heterocycles. The number of aromatic nitrogens is 1. The molecule has 0 bridgehead atoms. The zero-order valence-electron chi connectivity index (χ0n) is 12.8. The highest BCUT2D eigenvalue weighted by Crippen LogP contribution is 2.48. The van der Waals surface area contributed by atoms with Crippen molar-refractivity contribution in [2.45, 2.75) is 57.3 Å².